The molecule has 0 spiro atoms. The van der Waals surface area contributed by atoms with E-state index in [0.29, 0.717) is 6.67 Å². The molecule has 12 heavy (non-hydrogen) atoms. The monoisotopic (exact) mass is 199 g/mol. The fourth-order valence-corrected chi connectivity index (χ4v) is 0.182. The summed E-state index contributed by atoms with van der Waals surface area (Å²) in [5.41, 5.74) is 0. The van der Waals surface area contributed by atoms with Crippen molar-refractivity contribution in [3.63, 3.8) is 0 Å². The van der Waals surface area contributed by atoms with Gasteiger partial charge < -0.3 is 0 Å². The summed E-state index contributed by atoms with van der Waals surface area (Å²) < 4.78 is 34.0. The average Bonchev–Trinajstić information content (AvgIpc) is 1.79. The highest BCUT2D eigenvalue weighted by molar-refractivity contribution is 5.31. The van der Waals surface area contributed by atoms with Crippen molar-refractivity contribution in [2.24, 2.45) is 4.99 Å². The first-order chi connectivity index (χ1) is 5.27. The Bertz CT molecular complexity index is 145. The number of nitrogens with zero attached hydrogens (tertiary/aromatic N) is 2. The van der Waals surface area contributed by atoms with E-state index in [4.69, 9.17) is 24.0 Å². The van der Waals surface area contributed by atoms with Crippen LogP contribution in [0.3, 0.4) is 0 Å². The quantitative estimate of drug-likeness (QED) is 0.442. The number of aliphatic imine (C=N–C) groups is 1. The van der Waals surface area contributed by atoms with Gasteiger partial charge in [0.2, 0.25) is 0 Å². The highest BCUT2D eigenvalue weighted by atomic mass is 35.7. The van der Waals surface area contributed by atoms with Crippen molar-refractivity contribution in [3.05, 3.63) is 0 Å². The van der Waals surface area contributed by atoms with E-state index in [1.54, 1.807) is 0 Å². The van der Waals surface area contributed by atoms with Crippen molar-refractivity contribution in [1.82, 2.24) is 4.90 Å². The highest BCUT2D eigenvalue weighted by Crippen LogP contribution is 1.68. The minimum absolute atomic E-state index is 0.622. The second-order valence-corrected chi connectivity index (χ2v) is 2.64. The molecule has 8 heteroatoms. The topological polar surface area (TPSA) is 133 Å². The Balaban J connectivity index is 0. The van der Waals surface area contributed by atoms with Gasteiger partial charge in [-0.05, 0) is 19.1 Å². The summed E-state index contributed by atoms with van der Waals surface area (Å²) in [5, 5.41) is 4.83. The fraction of sp³-hybridized carbons (Fsp3) is 0.750. The summed E-state index contributed by atoms with van der Waals surface area (Å²) in [6.07, 6.45) is 0. The molecule has 0 radical (unpaired) electrons. The molecule has 0 amide bonds. The predicted molar refractivity (Wildman–Crippen MR) is 27.9 cm³/mol. The lowest BCUT2D eigenvalue weighted by Gasteiger charge is -2.17. The van der Waals surface area contributed by atoms with Crippen molar-refractivity contribution in [3.8, 4) is 0 Å². The van der Waals surface area contributed by atoms with Crippen LogP contribution in [-0.2, 0) is 0 Å². The van der Waals surface area contributed by atoms with Gasteiger partial charge in [0, 0.05) is 0 Å². The lowest BCUT2D eigenvalue weighted by atomic mass is 10.9. The average molecular weight is 200 g/mol. The van der Waals surface area contributed by atoms with Crippen LogP contribution in [0.1, 0.15) is 0 Å². The van der Waals surface area contributed by atoms with Gasteiger partial charge in [-0.2, -0.15) is 0 Å². The van der Waals surface area contributed by atoms with Crippen molar-refractivity contribution in [1.29, 1.82) is 0 Å². The lowest BCUT2D eigenvalue weighted by molar-refractivity contribution is -2.00. The van der Waals surface area contributed by atoms with Crippen LogP contribution in [0.5, 0.6) is 0 Å². The van der Waals surface area contributed by atoms with Gasteiger partial charge in [-0.1, -0.05) is 0 Å². The Hall–Kier alpha value is -0.530. The molecule has 0 aromatic heterocycles. The Morgan fingerprint density at radius 2 is 1.67 bits per heavy atom. The summed E-state index contributed by atoms with van der Waals surface area (Å²) >= 11 is 0. The van der Waals surface area contributed by atoms with E-state index >= 15 is 0 Å². The summed E-state index contributed by atoms with van der Waals surface area (Å²) in [6.45, 7) is 0.622. The van der Waals surface area contributed by atoms with Gasteiger partial charge in [-0.15, -0.1) is 10.2 Å². The molecule has 0 rings (SSSR count). The highest BCUT2D eigenvalue weighted by Gasteiger charge is 1.85. The Morgan fingerprint density at radius 1 is 1.33 bits per heavy atom. The van der Waals surface area contributed by atoms with E-state index in [1.165, 1.54) is 0 Å². The maximum atomic E-state index is 8.49. The van der Waals surface area contributed by atoms with Gasteiger partial charge in [0.05, 0.1) is 0 Å². The van der Waals surface area contributed by atoms with Crippen molar-refractivity contribution >= 4 is 6.01 Å². The fourth-order valence-electron chi connectivity index (χ4n) is 0.182. The third kappa shape index (κ3) is 56.4. The largest absolute Gasteiger partial charge is 0.303 e. The maximum absolute atomic E-state index is 8.49. The first-order valence-electron chi connectivity index (χ1n) is 2.66. The molecule has 0 aromatic carbocycles. The zero-order valence-corrected chi connectivity index (χ0v) is 7.45. The van der Waals surface area contributed by atoms with E-state index in [0.717, 1.165) is 0 Å². The molecule has 0 heterocycles. The van der Waals surface area contributed by atoms with Crippen LogP contribution in [0.2, 0.25) is 0 Å². The van der Waals surface area contributed by atoms with E-state index in [9.17, 15) is 0 Å². The molecule has 0 aliphatic heterocycles. The lowest BCUT2D eigenvalue weighted by Crippen LogP contribution is -2.68. The van der Waals surface area contributed by atoms with Crippen LogP contribution < -0.4 is 24.0 Å². The second kappa shape index (κ2) is 7.14. The molecule has 0 aliphatic carbocycles. The van der Waals surface area contributed by atoms with Crippen LogP contribution in [0.25, 0.3) is 0 Å². The molecule has 0 aliphatic rings. The van der Waals surface area contributed by atoms with Gasteiger partial charge in [0.25, 0.3) is 0 Å². The smallest absolute Gasteiger partial charge is 0.270 e. The molecule has 0 saturated carbocycles. The minimum atomic E-state index is -4.94. The maximum Gasteiger partial charge on any atom is 0.303 e. The normalized spacial score (nSPS) is 9.92. The number of hydrogen-bond donors (Lipinski definition) is 1. The molecule has 72 valence electrons. The SMILES string of the molecule is CN(C)CN=C=[NH2+].[O-][Cl+3]([O-])([O-])[O-]. The predicted octanol–water partition coefficient (Wildman–Crippen LogP) is -6.32. The number of nitrogens with two attached hydrogens (primary N) is 1. The van der Waals surface area contributed by atoms with Gasteiger partial charge in [0.1, 0.15) is 0 Å². The first kappa shape index (κ1) is 14.0. The van der Waals surface area contributed by atoms with Crippen molar-refractivity contribution in [2.45, 2.75) is 0 Å². The van der Waals surface area contributed by atoms with Crippen LogP contribution in [0.4, 0.5) is 0 Å². The van der Waals surface area contributed by atoms with Gasteiger partial charge in [0.15, 0.2) is 6.67 Å². The molecule has 0 saturated heterocycles. The zero-order chi connectivity index (χ0) is 10.2. The molecule has 0 fully saturated rings. The molecule has 0 unspecified atom stereocenters. The Morgan fingerprint density at radius 3 is 1.75 bits per heavy atom. The number of halogens is 1. The van der Waals surface area contributed by atoms with Crippen LogP contribution in [0, 0.1) is 10.2 Å². The molecular formula is C4H10ClN3O4. The molecule has 0 aromatic rings. The standard InChI is InChI=1S/C4H9N3.ClHO4/c1-7(2)4-6-3-5;2-1(3,4)5/h5H,4H2,1-2H3;(H,2,3,4,5). The third-order valence-electron chi connectivity index (χ3n) is 0.445. The molecular weight excluding hydrogens is 190 g/mol. The first-order valence-corrected chi connectivity index (χ1v) is 3.89. The van der Waals surface area contributed by atoms with E-state index in [1.807, 2.05) is 19.0 Å². The van der Waals surface area contributed by atoms with E-state index in [2.05, 4.69) is 11.0 Å². The van der Waals surface area contributed by atoms with E-state index in [-0.39, 0.29) is 0 Å². The minimum Gasteiger partial charge on any atom is -0.270 e. The summed E-state index contributed by atoms with van der Waals surface area (Å²) in [7, 11) is -1.11. The number of hydrogen-bond acceptors (Lipinski definition) is 6. The van der Waals surface area contributed by atoms with Crippen molar-refractivity contribution in [2.75, 3.05) is 20.8 Å². The number of rotatable bonds is 2. The molecule has 0 bridgehead atoms. The summed E-state index contributed by atoms with van der Waals surface area (Å²) in [5.74, 6) is 0. The van der Waals surface area contributed by atoms with Gasteiger partial charge in [-0.25, -0.2) is 24.0 Å². The van der Waals surface area contributed by atoms with Crippen LogP contribution in [0.15, 0.2) is 4.99 Å². The zero-order valence-electron chi connectivity index (χ0n) is 6.69. The van der Waals surface area contributed by atoms with Crippen molar-refractivity contribution < 1.29 is 34.3 Å². The van der Waals surface area contributed by atoms with Crippen LogP contribution >= 0.6 is 0 Å². The summed E-state index contributed by atoms with van der Waals surface area (Å²) in [6, 6.07) is 2.18. The molecule has 0 atom stereocenters. The molecule has 7 nitrogen and oxygen atoms in total. The van der Waals surface area contributed by atoms with Gasteiger partial charge in [-0.3, -0.25) is 4.90 Å². The second-order valence-electron chi connectivity index (χ2n) is 1.89. The third-order valence-corrected chi connectivity index (χ3v) is 0.445. The van der Waals surface area contributed by atoms with E-state index < -0.39 is 10.2 Å². The summed E-state index contributed by atoms with van der Waals surface area (Å²) in [4.78, 5) is 5.53. The van der Waals surface area contributed by atoms with Crippen LogP contribution in [-0.4, -0.2) is 31.7 Å². The van der Waals surface area contributed by atoms with Gasteiger partial charge >= 0.3 is 6.01 Å². The Kier molecular flexibility index (Phi) is 8.34. The Labute approximate surface area is 71.8 Å². The molecule has 2 N–H and O–H groups in total.